The van der Waals surface area contributed by atoms with Crippen molar-refractivity contribution in [3.63, 3.8) is 0 Å². The lowest BCUT2D eigenvalue weighted by Crippen LogP contribution is -2.13. The molecule has 1 aromatic carbocycles. The van der Waals surface area contributed by atoms with Crippen LogP contribution in [0.2, 0.25) is 0 Å². The molecule has 0 unspecified atom stereocenters. The number of methoxy groups -OCH3 is 1. The van der Waals surface area contributed by atoms with Gasteiger partial charge < -0.3 is 9.47 Å². The van der Waals surface area contributed by atoms with Crippen molar-refractivity contribution >= 4 is 23.1 Å². The Labute approximate surface area is 151 Å². The minimum absolute atomic E-state index is 0.234. The maximum absolute atomic E-state index is 12.3. The second-order valence-corrected chi connectivity index (χ2v) is 7.34. The summed E-state index contributed by atoms with van der Waals surface area (Å²) < 4.78 is 10.3. The fraction of sp³-hybridized carbons (Fsp3) is 0.400. The summed E-state index contributed by atoms with van der Waals surface area (Å²) in [6, 6.07) is 8.80. The number of rotatable bonds is 5. The molecule has 0 fully saturated rings. The summed E-state index contributed by atoms with van der Waals surface area (Å²) in [7, 11) is 1.55. The number of hydrogen-bond donors (Lipinski definition) is 0. The Morgan fingerprint density at radius 1 is 1.08 bits per heavy atom. The molecular weight excluding hydrogens is 336 g/mol. The minimum atomic E-state index is -0.409. The molecule has 0 saturated heterocycles. The van der Waals surface area contributed by atoms with E-state index in [9.17, 15) is 9.59 Å². The number of ether oxygens (including phenoxy) is 2. The van der Waals surface area contributed by atoms with Crippen LogP contribution >= 0.6 is 11.3 Å². The van der Waals surface area contributed by atoms with Gasteiger partial charge in [-0.05, 0) is 49.4 Å². The number of carbonyl (C=O) groups excluding carboxylic acids is 2. The fourth-order valence-corrected chi connectivity index (χ4v) is 4.17. The van der Waals surface area contributed by atoms with Crippen molar-refractivity contribution in [2.45, 2.75) is 38.5 Å². The SMILES string of the molecule is COc1cccc(C(=O)COC(=O)c2cc3c(s2)CCCCCC3)c1. The summed E-state index contributed by atoms with van der Waals surface area (Å²) in [5.41, 5.74) is 1.75. The first-order valence-electron chi connectivity index (χ1n) is 8.63. The third-order valence-electron chi connectivity index (χ3n) is 4.42. The number of fused-ring (bicyclic) bond motifs is 1. The van der Waals surface area contributed by atoms with Crippen LogP contribution < -0.4 is 4.74 Å². The number of hydrogen-bond acceptors (Lipinski definition) is 5. The Morgan fingerprint density at radius 3 is 2.68 bits per heavy atom. The highest BCUT2D eigenvalue weighted by Crippen LogP contribution is 2.29. The van der Waals surface area contributed by atoms with Crippen molar-refractivity contribution in [1.82, 2.24) is 0 Å². The predicted molar refractivity (Wildman–Crippen MR) is 97.8 cm³/mol. The molecule has 0 radical (unpaired) electrons. The Morgan fingerprint density at radius 2 is 1.88 bits per heavy atom. The van der Waals surface area contributed by atoms with Gasteiger partial charge in [-0.2, -0.15) is 0 Å². The molecule has 1 aliphatic carbocycles. The molecule has 1 aliphatic rings. The smallest absolute Gasteiger partial charge is 0.348 e. The number of esters is 1. The van der Waals surface area contributed by atoms with Crippen molar-refractivity contribution in [2.24, 2.45) is 0 Å². The number of Topliss-reactive ketones (excluding diaryl/α,β-unsaturated/α-hetero) is 1. The van der Waals surface area contributed by atoms with Gasteiger partial charge in [0, 0.05) is 10.4 Å². The normalized spacial score (nSPS) is 14.1. The van der Waals surface area contributed by atoms with Crippen molar-refractivity contribution in [1.29, 1.82) is 0 Å². The molecule has 25 heavy (non-hydrogen) atoms. The van der Waals surface area contributed by atoms with Crippen LogP contribution in [0.25, 0.3) is 0 Å². The zero-order valence-corrected chi connectivity index (χ0v) is 15.2. The van der Waals surface area contributed by atoms with E-state index in [0.717, 1.165) is 12.8 Å². The van der Waals surface area contributed by atoms with Crippen LogP contribution in [0.1, 0.15) is 56.2 Å². The van der Waals surface area contributed by atoms with E-state index in [0.29, 0.717) is 16.2 Å². The van der Waals surface area contributed by atoms with Gasteiger partial charge in [0.25, 0.3) is 0 Å². The first-order chi connectivity index (χ1) is 12.2. The van der Waals surface area contributed by atoms with E-state index in [1.54, 1.807) is 31.4 Å². The van der Waals surface area contributed by atoms with Crippen LogP contribution in [0.5, 0.6) is 5.75 Å². The lowest BCUT2D eigenvalue weighted by Gasteiger charge is -2.07. The standard InChI is InChI=1S/C20H22O4S/c1-23-16-9-6-8-14(11-16)17(21)13-24-20(22)19-12-15-7-4-2-3-5-10-18(15)25-19/h6,8-9,11-12H,2-5,7,10,13H2,1H3. The zero-order chi connectivity index (χ0) is 17.6. The minimum Gasteiger partial charge on any atom is -0.497 e. The Kier molecular flexibility index (Phi) is 5.87. The van der Waals surface area contributed by atoms with Gasteiger partial charge in [-0.15, -0.1) is 11.3 Å². The second kappa shape index (κ2) is 8.30. The summed E-state index contributed by atoms with van der Waals surface area (Å²) in [5.74, 6) is -0.0367. The van der Waals surface area contributed by atoms with Crippen molar-refractivity contribution in [3.8, 4) is 5.75 Å². The maximum Gasteiger partial charge on any atom is 0.348 e. The van der Waals surface area contributed by atoms with E-state index in [1.807, 2.05) is 6.07 Å². The number of carbonyl (C=O) groups is 2. The predicted octanol–water partition coefficient (Wildman–Crippen LogP) is 4.46. The molecule has 2 aromatic rings. The third-order valence-corrected chi connectivity index (χ3v) is 5.64. The summed E-state index contributed by atoms with van der Waals surface area (Å²) in [6.07, 6.45) is 6.93. The van der Waals surface area contributed by atoms with E-state index in [2.05, 4.69) is 0 Å². The zero-order valence-electron chi connectivity index (χ0n) is 14.4. The van der Waals surface area contributed by atoms with Crippen molar-refractivity contribution in [3.05, 3.63) is 51.2 Å². The van der Waals surface area contributed by atoms with Gasteiger partial charge in [0.05, 0.1) is 7.11 Å². The lowest BCUT2D eigenvalue weighted by atomic mass is 10.00. The van der Waals surface area contributed by atoms with Crippen molar-refractivity contribution < 1.29 is 19.1 Å². The highest BCUT2D eigenvalue weighted by molar-refractivity contribution is 7.14. The van der Waals surface area contributed by atoms with Crippen LogP contribution in [-0.2, 0) is 17.6 Å². The van der Waals surface area contributed by atoms with Crippen LogP contribution in [0.4, 0.5) is 0 Å². The number of aryl methyl sites for hydroxylation is 2. The molecule has 0 aliphatic heterocycles. The Bertz CT molecular complexity index is 737. The molecule has 1 heterocycles. The summed E-state index contributed by atoms with van der Waals surface area (Å²) in [6.45, 7) is -0.255. The largest absolute Gasteiger partial charge is 0.497 e. The molecule has 0 spiro atoms. The molecular formula is C20H22O4S. The third kappa shape index (κ3) is 4.48. The molecule has 0 saturated carbocycles. The van der Waals surface area contributed by atoms with E-state index in [4.69, 9.17) is 9.47 Å². The molecule has 0 amide bonds. The highest BCUT2D eigenvalue weighted by atomic mass is 32.1. The molecule has 0 bridgehead atoms. The topological polar surface area (TPSA) is 52.6 Å². The average molecular weight is 358 g/mol. The van der Waals surface area contributed by atoms with Crippen LogP contribution in [0, 0.1) is 0 Å². The Hall–Kier alpha value is -2.14. The van der Waals surface area contributed by atoms with E-state index in [-0.39, 0.29) is 12.4 Å². The molecule has 3 rings (SSSR count). The van der Waals surface area contributed by atoms with E-state index in [1.165, 1.54) is 47.5 Å². The summed E-state index contributed by atoms with van der Waals surface area (Å²) in [4.78, 5) is 26.4. The number of benzene rings is 1. The highest BCUT2D eigenvalue weighted by Gasteiger charge is 2.18. The average Bonchev–Trinajstić information content (AvgIpc) is 3.01. The molecule has 4 nitrogen and oxygen atoms in total. The van der Waals surface area contributed by atoms with E-state index < -0.39 is 5.97 Å². The quantitative estimate of drug-likeness (QED) is 0.585. The Balaban J connectivity index is 1.62. The first kappa shape index (κ1) is 17.7. The summed E-state index contributed by atoms with van der Waals surface area (Å²) in [5, 5.41) is 0. The number of thiophene rings is 1. The summed E-state index contributed by atoms with van der Waals surface area (Å²) >= 11 is 1.51. The maximum atomic E-state index is 12.3. The molecule has 1 aromatic heterocycles. The van der Waals surface area contributed by atoms with Gasteiger partial charge in [-0.1, -0.05) is 25.0 Å². The van der Waals surface area contributed by atoms with Gasteiger partial charge in [0.2, 0.25) is 0 Å². The molecule has 132 valence electrons. The van der Waals surface area contributed by atoms with Crippen LogP contribution in [0.3, 0.4) is 0 Å². The van der Waals surface area contributed by atoms with Gasteiger partial charge >= 0.3 is 5.97 Å². The van der Waals surface area contributed by atoms with Crippen LogP contribution in [0.15, 0.2) is 30.3 Å². The van der Waals surface area contributed by atoms with Crippen LogP contribution in [-0.4, -0.2) is 25.5 Å². The van der Waals surface area contributed by atoms with Crippen molar-refractivity contribution in [2.75, 3.05) is 13.7 Å². The first-order valence-corrected chi connectivity index (χ1v) is 9.45. The molecule has 0 N–H and O–H groups in total. The van der Waals surface area contributed by atoms with Gasteiger partial charge in [-0.25, -0.2) is 4.79 Å². The van der Waals surface area contributed by atoms with E-state index >= 15 is 0 Å². The fourth-order valence-electron chi connectivity index (χ4n) is 3.03. The number of ketones is 1. The van der Waals surface area contributed by atoms with Gasteiger partial charge in [-0.3, -0.25) is 4.79 Å². The molecule has 5 heteroatoms. The molecule has 0 atom stereocenters. The lowest BCUT2D eigenvalue weighted by molar-refractivity contribution is 0.0479. The van der Waals surface area contributed by atoms with Gasteiger partial charge in [0.15, 0.2) is 12.4 Å². The second-order valence-electron chi connectivity index (χ2n) is 6.20. The monoisotopic (exact) mass is 358 g/mol. The van der Waals surface area contributed by atoms with Gasteiger partial charge in [0.1, 0.15) is 10.6 Å².